The van der Waals surface area contributed by atoms with Crippen molar-refractivity contribution in [3.8, 4) is 22.6 Å². The molecule has 0 amide bonds. The molecule has 7 heteroatoms. The van der Waals surface area contributed by atoms with E-state index >= 15 is 0 Å². The Kier molecular flexibility index (Phi) is 11.6. The molecule has 0 N–H and O–H groups in total. The number of imidazole rings is 1. The van der Waals surface area contributed by atoms with Crippen molar-refractivity contribution < 1.29 is 24.5 Å². The molecule has 0 saturated carbocycles. The van der Waals surface area contributed by atoms with Crippen molar-refractivity contribution >= 4 is 50.8 Å². The number of aromatic nitrogens is 4. The van der Waals surface area contributed by atoms with Gasteiger partial charge in [0, 0.05) is 37.2 Å². The van der Waals surface area contributed by atoms with Crippen LogP contribution in [0.1, 0.15) is 70.3 Å². The van der Waals surface area contributed by atoms with E-state index in [9.17, 15) is 0 Å². The SMILES string of the molecule is CC(C)Cc1cc(-c2[c-]cccc2)nc[c]1[Ge]([CH3])([CH3])[CH3].Cc1ccc2c(n1)oc1c(-c3nc4ccccc4n3C(C)C)[c-]cc(C(C)C)c12.[Ir]. The number of rotatable bonds is 7. The molecule has 5 nitrogen and oxygen atoms in total. The van der Waals surface area contributed by atoms with Gasteiger partial charge in [0.05, 0.1) is 22.4 Å². The van der Waals surface area contributed by atoms with Crippen molar-refractivity contribution in [3.63, 3.8) is 0 Å². The summed E-state index contributed by atoms with van der Waals surface area (Å²) < 4.78 is 10.2. The molecule has 0 saturated heterocycles. The smallest absolute Gasteiger partial charge is 0.216 e. The normalized spacial score (nSPS) is 11.9. The molecular weight excluding hydrogens is 853 g/mol. The van der Waals surface area contributed by atoms with Crippen molar-refractivity contribution in [2.24, 2.45) is 5.92 Å². The van der Waals surface area contributed by atoms with Gasteiger partial charge in [0.15, 0.2) is 0 Å². The first-order valence-corrected chi connectivity index (χ1v) is 24.9. The van der Waals surface area contributed by atoms with E-state index in [0.29, 0.717) is 17.5 Å². The van der Waals surface area contributed by atoms with E-state index in [4.69, 9.17) is 14.4 Å². The molecule has 4 heterocycles. The Balaban J connectivity index is 0.000000204. The zero-order valence-corrected chi connectivity index (χ0v) is 35.5. The van der Waals surface area contributed by atoms with Crippen LogP contribution in [-0.2, 0) is 26.5 Å². The Morgan fingerprint density at radius 3 is 2.28 bits per heavy atom. The average molecular weight is 902 g/mol. The third-order valence-electron chi connectivity index (χ3n) is 8.95. The van der Waals surface area contributed by atoms with Gasteiger partial charge < -0.3 is 8.98 Å². The van der Waals surface area contributed by atoms with Gasteiger partial charge in [-0.2, -0.15) is 0 Å². The fraction of sp³-hybridized carbons (Fsp3) is 0.326. The predicted molar refractivity (Wildman–Crippen MR) is 208 cm³/mol. The molecule has 0 unspecified atom stereocenters. The van der Waals surface area contributed by atoms with Gasteiger partial charge >= 0.3 is 126 Å². The summed E-state index contributed by atoms with van der Waals surface area (Å²) in [5, 5.41) is 2.18. The molecule has 261 valence electrons. The number of nitrogens with zero attached hydrogens (tertiary/aromatic N) is 4. The molecule has 50 heavy (non-hydrogen) atoms. The summed E-state index contributed by atoms with van der Waals surface area (Å²) >= 11 is -1.86. The van der Waals surface area contributed by atoms with Gasteiger partial charge in [-0.25, -0.2) is 4.98 Å². The summed E-state index contributed by atoms with van der Waals surface area (Å²) in [6.07, 6.45) is 3.27. The van der Waals surface area contributed by atoms with E-state index in [0.717, 1.165) is 62.1 Å². The summed E-state index contributed by atoms with van der Waals surface area (Å²) in [6, 6.07) is 31.9. The second-order valence-electron chi connectivity index (χ2n) is 15.1. The van der Waals surface area contributed by atoms with Crippen LogP contribution in [0.4, 0.5) is 0 Å². The Morgan fingerprint density at radius 2 is 1.62 bits per heavy atom. The number of pyridine rings is 2. The van der Waals surface area contributed by atoms with Crippen LogP contribution in [0.15, 0.2) is 83.4 Å². The zero-order chi connectivity index (χ0) is 35.0. The van der Waals surface area contributed by atoms with E-state index in [2.05, 4.69) is 129 Å². The first-order valence-electron chi connectivity index (χ1n) is 17.5. The van der Waals surface area contributed by atoms with Crippen LogP contribution in [0.5, 0.6) is 0 Å². The maximum atomic E-state index is 6.34. The molecule has 7 aromatic rings. The number of hydrogen-bond acceptors (Lipinski definition) is 4. The van der Waals surface area contributed by atoms with Gasteiger partial charge in [0.1, 0.15) is 0 Å². The Bertz CT molecular complexity index is 2240. The number of aryl methyl sites for hydroxylation is 1. The van der Waals surface area contributed by atoms with Gasteiger partial charge in [-0.15, -0.1) is 17.7 Å². The number of benzene rings is 3. The van der Waals surface area contributed by atoms with Crippen LogP contribution >= 0.6 is 0 Å². The van der Waals surface area contributed by atoms with Crippen molar-refractivity contribution in [1.82, 2.24) is 19.5 Å². The molecule has 3 aromatic carbocycles. The Labute approximate surface area is 313 Å². The molecule has 7 rings (SSSR count). The quantitative estimate of drug-likeness (QED) is 0.118. The van der Waals surface area contributed by atoms with Crippen LogP contribution < -0.4 is 4.40 Å². The first-order chi connectivity index (χ1) is 23.3. The van der Waals surface area contributed by atoms with Crippen LogP contribution in [0.2, 0.25) is 17.3 Å². The van der Waals surface area contributed by atoms with Gasteiger partial charge in [0.2, 0.25) is 5.71 Å². The second kappa shape index (κ2) is 15.3. The minimum Gasteiger partial charge on any atom is -0.486 e. The number of hydrogen-bond donors (Lipinski definition) is 0. The van der Waals surface area contributed by atoms with E-state index in [1.807, 2.05) is 37.3 Å². The van der Waals surface area contributed by atoms with E-state index in [1.165, 1.54) is 11.1 Å². The van der Waals surface area contributed by atoms with E-state index in [-0.39, 0.29) is 26.1 Å². The van der Waals surface area contributed by atoms with Gasteiger partial charge in [-0.1, -0.05) is 42.8 Å². The number of furan rings is 1. The zero-order valence-electron chi connectivity index (χ0n) is 31.0. The molecule has 0 aliphatic rings. The fourth-order valence-electron chi connectivity index (χ4n) is 6.67. The summed E-state index contributed by atoms with van der Waals surface area (Å²) in [4.78, 5) is 14.3. The summed E-state index contributed by atoms with van der Waals surface area (Å²) in [7, 11) is 0. The molecule has 0 atom stereocenters. The maximum Gasteiger partial charge on any atom is 0.216 e. The summed E-state index contributed by atoms with van der Waals surface area (Å²) in [5.74, 6) is 9.24. The molecule has 0 aliphatic heterocycles. The van der Waals surface area contributed by atoms with Gasteiger partial charge in [-0.05, 0) is 45.0 Å². The van der Waals surface area contributed by atoms with Crippen molar-refractivity contribution in [1.29, 1.82) is 0 Å². The van der Waals surface area contributed by atoms with Crippen LogP contribution in [0, 0.1) is 25.0 Å². The summed E-state index contributed by atoms with van der Waals surface area (Å²) in [5.41, 5.74) is 10.3. The minimum absolute atomic E-state index is 0. The molecule has 0 bridgehead atoms. The van der Waals surface area contributed by atoms with E-state index < -0.39 is 13.3 Å². The summed E-state index contributed by atoms with van der Waals surface area (Å²) in [6.45, 7) is 15.3. The largest absolute Gasteiger partial charge is 0.486 e. The third kappa shape index (κ3) is 7.68. The number of fused-ring (bicyclic) bond motifs is 4. The van der Waals surface area contributed by atoms with Crippen molar-refractivity contribution in [2.45, 2.75) is 84.1 Å². The molecule has 0 fully saturated rings. The number of para-hydroxylation sites is 2. The standard InChI is InChI=1S/C25H24N3O.C18H24GeN.Ir/c1-14(2)17-12-13-19(23-22(17)18-11-10-16(5)26-25(18)29-23)24-27-20-8-6-7-9-21(20)28(24)15(3)4;1-14(2)11-16-12-18(15-9-7-6-8-10-15)20-13-17(16)19(3,4)5;/h6-12,14-15H,1-5H3;6-9,12-14H,11H2,1-5H3;/q2*-1;. The van der Waals surface area contributed by atoms with Crippen molar-refractivity contribution in [3.05, 3.63) is 108 Å². The fourth-order valence-corrected chi connectivity index (χ4v) is 10.0. The average Bonchev–Trinajstić information content (AvgIpc) is 3.63. The molecule has 1 radical (unpaired) electrons. The third-order valence-corrected chi connectivity index (χ3v) is 13.3. The second-order valence-corrected chi connectivity index (χ2v) is 25.7. The first kappa shape index (κ1) is 37.7. The monoisotopic (exact) mass is 903 g/mol. The maximum absolute atomic E-state index is 6.34. The minimum atomic E-state index is -1.86. The Hall–Kier alpha value is -3.58. The predicted octanol–water partition coefficient (Wildman–Crippen LogP) is 11.1. The molecular formula is C43H48GeIrN4O-2. The van der Waals surface area contributed by atoms with Gasteiger partial charge in [-0.3, -0.25) is 4.98 Å². The molecule has 4 aromatic heterocycles. The molecule has 0 aliphatic carbocycles. The topological polar surface area (TPSA) is 56.7 Å². The Morgan fingerprint density at radius 1 is 0.880 bits per heavy atom. The van der Waals surface area contributed by atoms with Crippen LogP contribution in [0.3, 0.4) is 0 Å². The van der Waals surface area contributed by atoms with Crippen LogP contribution in [-0.4, -0.2) is 32.8 Å². The van der Waals surface area contributed by atoms with Crippen LogP contribution in [0.25, 0.3) is 55.7 Å². The van der Waals surface area contributed by atoms with E-state index in [1.54, 1.807) is 4.40 Å². The van der Waals surface area contributed by atoms with Crippen molar-refractivity contribution in [2.75, 3.05) is 0 Å². The van der Waals surface area contributed by atoms with Gasteiger partial charge in [0.25, 0.3) is 0 Å². The molecule has 0 spiro atoms.